The largest absolute Gasteiger partial charge is 0.465 e. The Kier molecular flexibility index (Phi) is 10.7. The van der Waals surface area contributed by atoms with E-state index in [9.17, 15) is 9.59 Å². The second-order valence-electron chi connectivity index (χ2n) is 11.1. The third-order valence-electron chi connectivity index (χ3n) is 7.59. The topological polar surface area (TPSA) is 290 Å². The molecule has 0 aliphatic carbocycles. The average Bonchev–Trinajstić information content (AvgIpc) is 3.86. The van der Waals surface area contributed by atoms with E-state index in [2.05, 4.69) is 55.8 Å². The zero-order valence-electron chi connectivity index (χ0n) is 29.0. The van der Waals surface area contributed by atoms with Crippen LogP contribution in [0.4, 0.5) is 40.6 Å². The van der Waals surface area contributed by atoms with Crippen LogP contribution < -0.4 is 17.2 Å². The van der Waals surface area contributed by atoms with Crippen molar-refractivity contribution in [2.45, 2.75) is 52.4 Å². The molecule has 0 aromatic carbocycles. The van der Waals surface area contributed by atoms with Crippen LogP contribution in [0.3, 0.4) is 0 Å². The predicted octanol–water partition coefficient (Wildman–Crippen LogP) is 3.55. The molecular formula is C29H38N18O4. The van der Waals surface area contributed by atoms with Crippen molar-refractivity contribution in [1.82, 2.24) is 54.1 Å². The first-order valence-corrected chi connectivity index (χ1v) is 15.8. The molecule has 0 radical (unpaired) electrons. The molecule has 5 heterocycles. The number of esters is 2. The van der Waals surface area contributed by atoms with Gasteiger partial charge in [-0.2, -0.15) is 44.7 Å². The minimum atomic E-state index is -0.622. The van der Waals surface area contributed by atoms with Crippen LogP contribution in [0.25, 0.3) is 11.9 Å². The highest BCUT2D eigenvalue weighted by Crippen LogP contribution is 2.34. The van der Waals surface area contributed by atoms with Crippen molar-refractivity contribution in [3.63, 3.8) is 0 Å². The number of nitrogens with two attached hydrogens (primary N) is 3. The fourth-order valence-electron chi connectivity index (χ4n) is 4.85. The summed E-state index contributed by atoms with van der Waals surface area (Å²) in [4.78, 5) is 37.6. The summed E-state index contributed by atoms with van der Waals surface area (Å²) in [5, 5.41) is 34.7. The number of aromatic nitrogens is 11. The summed E-state index contributed by atoms with van der Waals surface area (Å²) in [5.74, 6) is -1.09. The molecular weight excluding hydrogens is 664 g/mol. The normalized spacial score (nSPS) is 11.6. The molecule has 0 saturated heterocycles. The molecule has 0 fully saturated rings. The molecule has 22 heteroatoms. The van der Waals surface area contributed by atoms with E-state index in [1.165, 1.54) is 45.3 Å². The second kappa shape index (κ2) is 15.3. The van der Waals surface area contributed by atoms with E-state index in [-0.39, 0.29) is 63.6 Å². The number of rotatable bonds is 14. The molecule has 0 saturated carbocycles. The molecule has 0 spiro atoms. The maximum Gasteiger partial charge on any atom is 0.343 e. The number of nitrogen functional groups attached to an aromatic ring is 3. The third-order valence-corrected chi connectivity index (χ3v) is 7.59. The number of anilines is 3. The van der Waals surface area contributed by atoms with E-state index in [0.717, 1.165) is 25.7 Å². The molecule has 0 atom stereocenters. The molecule has 5 rings (SSSR count). The first-order valence-electron chi connectivity index (χ1n) is 15.8. The minimum absolute atomic E-state index is 0.0456. The van der Waals surface area contributed by atoms with Crippen molar-refractivity contribution < 1.29 is 19.1 Å². The van der Waals surface area contributed by atoms with Crippen LogP contribution in [0.2, 0.25) is 0 Å². The summed E-state index contributed by atoms with van der Waals surface area (Å²) >= 11 is 0. The van der Waals surface area contributed by atoms with Crippen molar-refractivity contribution in [3.05, 3.63) is 34.9 Å². The van der Waals surface area contributed by atoms with Crippen LogP contribution in [0.1, 0.15) is 71.6 Å². The number of hydrogen-bond donors (Lipinski definition) is 3. The molecule has 268 valence electrons. The summed E-state index contributed by atoms with van der Waals surface area (Å²) in [6.07, 6.45) is 6.93. The molecule has 5 aromatic rings. The quantitative estimate of drug-likeness (QED) is 0.110. The monoisotopic (exact) mass is 702 g/mol. The number of carbonyl (C=O) groups is 2. The van der Waals surface area contributed by atoms with Crippen molar-refractivity contribution in [2.24, 2.45) is 34.6 Å². The molecule has 0 amide bonds. The molecule has 5 aromatic heterocycles. The number of unbranched alkanes of at least 4 members (excludes halogenated alkanes) is 2. The fraction of sp³-hybridized carbons (Fsp3) is 0.414. The highest BCUT2D eigenvalue weighted by Gasteiger charge is 2.24. The van der Waals surface area contributed by atoms with Gasteiger partial charge in [-0.1, -0.05) is 26.7 Å². The highest BCUT2D eigenvalue weighted by atomic mass is 16.5. The molecule has 51 heavy (non-hydrogen) atoms. The van der Waals surface area contributed by atoms with Crippen LogP contribution in [-0.4, -0.2) is 80.2 Å². The lowest BCUT2D eigenvalue weighted by atomic mass is 10.2. The average molecular weight is 703 g/mol. The molecule has 0 aliphatic heterocycles. The van der Waals surface area contributed by atoms with E-state index >= 15 is 0 Å². The van der Waals surface area contributed by atoms with Crippen molar-refractivity contribution in [2.75, 3.05) is 31.4 Å². The molecule has 0 bridgehead atoms. The summed E-state index contributed by atoms with van der Waals surface area (Å²) in [7, 11) is 5.74. The maximum atomic E-state index is 12.3. The van der Waals surface area contributed by atoms with Crippen LogP contribution in [-0.2, 0) is 36.4 Å². The number of hydrogen-bond acceptors (Lipinski definition) is 18. The zero-order chi connectivity index (χ0) is 36.8. The SMILES string of the molecule is CCCCc1nn(-c2nc(N)nc(-n3nc(CCCC)c(N=Nc4c(C(=O)OC)cnn4C)c3N)n2)c(N)c1N=Nc1c(C(=O)OC)cnn1C. The van der Waals surface area contributed by atoms with Crippen molar-refractivity contribution in [3.8, 4) is 11.9 Å². The van der Waals surface area contributed by atoms with Crippen LogP contribution >= 0.6 is 0 Å². The van der Waals surface area contributed by atoms with E-state index in [4.69, 9.17) is 26.7 Å². The van der Waals surface area contributed by atoms with E-state index < -0.39 is 11.9 Å². The second-order valence-corrected chi connectivity index (χ2v) is 11.1. The Morgan fingerprint density at radius 2 is 1.10 bits per heavy atom. The van der Waals surface area contributed by atoms with Gasteiger partial charge in [-0.15, -0.1) is 20.5 Å². The van der Waals surface area contributed by atoms with Gasteiger partial charge in [0.2, 0.25) is 5.95 Å². The number of azo groups is 2. The molecule has 0 unspecified atom stereocenters. The molecule has 6 N–H and O–H groups in total. The van der Waals surface area contributed by atoms with E-state index in [1.54, 1.807) is 14.1 Å². The molecule has 22 nitrogen and oxygen atoms in total. The Balaban J connectivity index is 1.58. The first-order chi connectivity index (χ1) is 24.5. The van der Waals surface area contributed by atoms with Gasteiger partial charge >= 0.3 is 11.9 Å². The Labute approximate surface area is 290 Å². The highest BCUT2D eigenvalue weighted by molar-refractivity contribution is 5.94. The van der Waals surface area contributed by atoms with Gasteiger partial charge in [-0.3, -0.25) is 0 Å². The first kappa shape index (κ1) is 35.7. The van der Waals surface area contributed by atoms with Gasteiger partial charge in [0.25, 0.3) is 11.9 Å². The number of ether oxygens (including phenoxy) is 2. The van der Waals surface area contributed by atoms with Crippen LogP contribution in [0, 0.1) is 0 Å². The maximum absolute atomic E-state index is 12.3. The van der Waals surface area contributed by atoms with Crippen molar-refractivity contribution in [1.29, 1.82) is 0 Å². The Bertz CT molecular complexity index is 1980. The Hall–Kier alpha value is -6.61. The van der Waals surface area contributed by atoms with Gasteiger partial charge in [-0.25, -0.2) is 19.0 Å². The van der Waals surface area contributed by atoms with Gasteiger partial charge < -0.3 is 26.7 Å². The standard InChI is InChI=1S/C29H38N18O4/c1-7-9-11-17-19(38-40-23-15(25(48)50-5)13-33-44(23)3)21(30)46(42-17)28-35-27(32)36-29(37-28)47-22(31)20(18(43-47)12-10-8-2)39-41-24-16(26(49)51-6)14-34-45(24)4/h13-14H,7-12,30-31H2,1-6H3,(H2,32,35,36,37). The van der Waals surface area contributed by atoms with Gasteiger partial charge in [0.05, 0.1) is 38.0 Å². The summed E-state index contributed by atoms with van der Waals surface area (Å²) in [5.41, 5.74) is 21.1. The Morgan fingerprint density at radius 1 is 0.686 bits per heavy atom. The lowest BCUT2D eigenvalue weighted by Gasteiger charge is -2.07. The number of carbonyl (C=O) groups excluding carboxylic acids is 2. The number of methoxy groups -OCH3 is 2. The summed E-state index contributed by atoms with van der Waals surface area (Å²) in [6, 6.07) is 0. The summed E-state index contributed by atoms with van der Waals surface area (Å²) in [6.45, 7) is 4.06. The van der Waals surface area contributed by atoms with Gasteiger partial charge in [0, 0.05) is 14.1 Å². The summed E-state index contributed by atoms with van der Waals surface area (Å²) < 4.78 is 15.0. The van der Waals surface area contributed by atoms with Crippen LogP contribution in [0.5, 0.6) is 0 Å². The number of nitrogens with zero attached hydrogens (tertiary/aromatic N) is 15. The van der Waals surface area contributed by atoms with Gasteiger partial charge in [0.1, 0.15) is 11.1 Å². The molecule has 0 aliphatic rings. The zero-order valence-corrected chi connectivity index (χ0v) is 29.0. The predicted molar refractivity (Wildman–Crippen MR) is 182 cm³/mol. The van der Waals surface area contributed by atoms with E-state index in [0.29, 0.717) is 24.2 Å². The lowest BCUT2D eigenvalue weighted by Crippen LogP contribution is -2.15. The smallest absolute Gasteiger partial charge is 0.343 e. The van der Waals surface area contributed by atoms with Gasteiger partial charge in [0.15, 0.2) is 34.6 Å². The minimum Gasteiger partial charge on any atom is -0.465 e. The van der Waals surface area contributed by atoms with E-state index in [1.807, 2.05) is 13.8 Å². The van der Waals surface area contributed by atoms with Crippen molar-refractivity contribution >= 4 is 52.5 Å². The third kappa shape index (κ3) is 7.23. The lowest BCUT2D eigenvalue weighted by molar-refractivity contribution is 0.0592. The Morgan fingerprint density at radius 3 is 1.47 bits per heavy atom. The number of aryl methyl sites for hydroxylation is 4. The fourth-order valence-corrected chi connectivity index (χ4v) is 4.85. The van der Waals surface area contributed by atoms with Crippen LogP contribution in [0.15, 0.2) is 32.9 Å². The van der Waals surface area contributed by atoms with Gasteiger partial charge in [-0.05, 0) is 25.7 Å².